The van der Waals surface area contributed by atoms with Crippen LogP contribution in [-0.2, 0) is 0 Å². The van der Waals surface area contributed by atoms with Crippen LogP contribution in [0.1, 0.15) is 0 Å². The number of halogens is 1. The van der Waals surface area contributed by atoms with Gasteiger partial charge in [-0.3, -0.25) is 0 Å². The quantitative estimate of drug-likeness (QED) is 0.414. The van der Waals surface area contributed by atoms with Crippen LogP contribution in [0.3, 0.4) is 0 Å². The van der Waals surface area contributed by atoms with Crippen LogP contribution in [0.5, 0.6) is 0 Å². The van der Waals surface area contributed by atoms with Crippen molar-refractivity contribution < 1.29 is 12.4 Å². The number of hydrogen-bond donors (Lipinski definition) is 0. The van der Waals surface area contributed by atoms with E-state index in [0.717, 1.165) is 4.34 Å². The highest BCUT2D eigenvalue weighted by Gasteiger charge is 2.12. The van der Waals surface area contributed by atoms with Crippen molar-refractivity contribution in [3.8, 4) is 0 Å². The van der Waals surface area contributed by atoms with E-state index >= 15 is 0 Å². The van der Waals surface area contributed by atoms with E-state index in [1.54, 1.807) is 0 Å². The summed E-state index contributed by atoms with van der Waals surface area (Å²) < 4.78 is 0.808. The van der Waals surface area contributed by atoms with Crippen molar-refractivity contribution in [3.05, 3.63) is 4.98 Å². The summed E-state index contributed by atoms with van der Waals surface area (Å²) in [6, 6.07) is 0. The third-order valence-corrected chi connectivity index (χ3v) is 2.44. The molecule has 7 heteroatoms. The van der Waals surface area contributed by atoms with Crippen LogP contribution in [0.4, 0.5) is 5.13 Å². The molecule has 0 aliphatic carbocycles. The molecule has 0 aliphatic rings. The minimum absolute atomic E-state index is 0. The van der Waals surface area contributed by atoms with Crippen molar-refractivity contribution in [3.63, 3.8) is 0 Å². The molecule has 0 saturated carbocycles. The molecule has 0 N–H and O–H groups in total. The number of rotatable bonds is 1. The molecule has 1 aromatic rings. The molecule has 0 unspecified atom stereocenters. The molecule has 10 heavy (non-hydrogen) atoms. The Morgan fingerprint density at radius 3 is 2.60 bits per heavy atom. The van der Waals surface area contributed by atoms with Crippen LogP contribution >= 0.6 is 23.1 Å². The first kappa shape index (κ1) is 9.62. The number of thioether (sulfide) groups is 1. The summed E-state index contributed by atoms with van der Waals surface area (Å²) in [5.41, 5.74) is 0. The summed E-state index contributed by atoms with van der Waals surface area (Å²) in [7, 11) is 0. The van der Waals surface area contributed by atoms with Crippen LogP contribution in [0.25, 0.3) is 4.98 Å². The van der Waals surface area contributed by atoms with Crippen molar-refractivity contribution >= 4 is 28.2 Å². The summed E-state index contributed by atoms with van der Waals surface area (Å²) in [5, 5.41) is 15.7. The van der Waals surface area contributed by atoms with E-state index in [1.165, 1.54) is 23.1 Å². The van der Waals surface area contributed by atoms with E-state index in [2.05, 4.69) is 15.2 Å². The van der Waals surface area contributed by atoms with Gasteiger partial charge in [0.1, 0.15) is 5.10 Å². The second-order valence-corrected chi connectivity index (χ2v) is 3.16. The van der Waals surface area contributed by atoms with E-state index in [9.17, 15) is 0 Å². The second-order valence-electron chi connectivity index (χ2n) is 1.15. The van der Waals surface area contributed by atoms with E-state index in [-0.39, 0.29) is 12.4 Å². The third kappa shape index (κ3) is 2.10. The number of nitrogens with zero attached hydrogens (tertiary/aromatic N) is 4. The topological polar surface area (TPSA) is 53.9 Å². The maximum atomic E-state index is 8.17. The van der Waals surface area contributed by atoms with Crippen LogP contribution in [-0.4, -0.2) is 16.5 Å². The lowest BCUT2D eigenvalue weighted by Crippen LogP contribution is -3.00. The maximum absolute atomic E-state index is 8.17. The van der Waals surface area contributed by atoms with Gasteiger partial charge in [-0.05, 0) is 11.4 Å². The molecule has 1 aromatic heterocycles. The first-order valence-electron chi connectivity index (χ1n) is 2.09. The molecule has 0 amide bonds. The van der Waals surface area contributed by atoms with Gasteiger partial charge in [0, 0.05) is 16.3 Å². The van der Waals surface area contributed by atoms with E-state index in [4.69, 9.17) is 5.39 Å². The highest BCUT2D eigenvalue weighted by atomic mass is 35.5. The molecule has 54 valence electrons. The molecule has 0 atom stereocenters. The van der Waals surface area contributed by atoms with Crippen LogP contribution < -0.4 is 12.4 Å². The predicted octanol–water partition coefficient (Wildman–Crippen LogP) is -1.25. The van der Waals surface area contributed by atoms with E-state index in [0.29, 0.717) is 5.13 Å². The lowest BCUT2D eigenvalue weighted by Gasteiger charge is -1.70. The first-order valence-corrected chi connectivity index (χ1v) is 4.13. The maximum Gasteiger partial charge on any atom is 0.549 e. The molecule has 1 rings (SSSR count). The van der Waals surface area contributed by atoms with Crippen molar-refractivity contribution in [2.45, 2.75) is 4.34 Å². The SMILES string of the molecule is CSc1nnc([N+]#N)s1.[Cl-]. The summed E-state index contributed by atoms with van der Waals surface area (Å²) in [6.45, 7) is 0. The largest absolute Gasteiger partial charge is 1.00 e. The summed E-state index contributed by atoms with van der Waals surface area (Å²) in [6.07, 6.45) is 1.89. The molecule has 0 saturated heterocycles. The lowest BCUT2D eigenvalue weighted by atomic mass is 11.3. The molecule has 0 aliphatic heterocycles. The molecular weight excluding hydrogens is 192 g/mol. The van der Waals surface area contributed by atoms with Crippen LogP contribution in [0.15, 0.2) is 4.34 Å². The summed E-state index contributed by atoms with van der Waals surface area (Å²) in [5.74, 6) is 0. The van der Waals surface area contributed by atoms with Gasteiger partial charge >= 0.3 is 5.13 Å². The van der Waals surface area contributed by atoms with Gasteiger partial charge in [-0.2, -0.15) is 0 Å². The van der Waals surface area contributed by atoms with Gasteiger partial charge < -0.3 is 12.4 Å². The Hall–Kier alpha value is -0.380. The minimum atomic E-state index is 0. The van der Waals surface area contributed by atoms with Gasteiger partial charge in [-0.25, -0.2) is 0 Å². The Morgan fingerprint density at radius 2 is 2.30 bits per heavy atom. The first-order chi connectivity index (χ1) is 4.36. The molecule has 0 fully saturated rings. The van der Waals surface area contributed by atoms with Crippen molar-refractivity contribution in [1.82, 2.24) is 10.2 Å². The number of aromatic nitrogens is 2. The predicted molar refractivity (Wildman–Crippen MR) is 36.4 cm³/mol. The van der Waals surface area contributed by atoms with Gasteiger partial charge in [-0.15, -0.1) is 0 Å². The second kappa shape index (κ2) is 4.44. The average Bonchev–Trinajstić information content (AvgIpc) is 2.34. The van der Waals surface area contributed by atoms with Gasteiger partial charge in [-0.1, -0.05) is 11.8 Å². The molecule has 0 radical (unpaired) electrons. The van der Waals surface area contributed by atoms with Gasteiger partial charge in [0.2, 0.25) is 4.34 Å². The summed E-state index contributed by atoms with van der Waals surface area (Å²) >= 11 is 2.74. The average molecular weight is 195 g/mol. The molecule has 1 heterocycles. The molecular formula is C3H3ClN4S2. The Morgan fingerprint density at radius 1 is 1.60 bits per heavy atom. The molecule has 0 spiro atoms. The molecule has 4 nitrogen and oxygen atoms in total. The van der Waals surface area contributed by atoms with E-state index in [1.807, 2.05) is 6.26 Å². The zero-order valence-corrected chi connectivity index (χ0v) is 7.37. The molecule has 0 aromatic carbocycles. The highest BCUT2D eigenvalue weighted by Crippen LogP contribution is 2.24. The van der Waals surface area contributed by atoms with Crippen LogP contribution in [0.2, 0.25) is 0 Å². The smallest absolute Gasteiger partial charge is 0.549 e. The van der Waals surface area contributed by atoms with Crippen molar-refractivity contribution in [1.29, 1.82) is 5.39 Å². The highest BCUT2D eigenvalue weighted by molar-refractivity contribution is 8.00. The molecule has 0 bridgehead atoms. The van der Waals surface area contributed by atoms with E-state index < -0.39 is 0 Å². The fraction of sp³-hybridized carbons (Fsp3) is 0.333. The fourth-order valence-corrected chi connectivity index (χ4v) is 1.37. The minimum Gasteiger partial charge on any atom is -1.00 e. The normalized spacial score (nSPS) is 8.00. The van der Waals surface area contributed by atoms with Gasteiger partial charge in [0.05, 0.1) is 5.39 Å². The van der Waals surface area contributed by atoms with Gasteiger partial charge in [0.15, 0.2) is 0 Å². The Kier molecular flexibility index (Phi) is 4.27. The Labute approximate surface area is 72.1 Å². The van der Waals surface area contributed by atoms with Crippen molar-refractivity contribution in [2.24, 2.45) is 0 Å². The standard InChI is InChI=1S/C3H3N4S2.ClH/c1-8-3-7-6-2(5-4)9-3;/h1H3;1H/q+1;/p-1. The third-order valence-electron chi connectivity index (χ3n) is 0.656. The Bertz CT molecular complexity index is 241. The monoisotopic (exact) mass is 194 g/mol. The number of hydrogen-bond acceptors (Lipinski definition) is 5. The fourth-order valence-electron chi connectivity index (χ4n) is 0.325. The Balaban J connectivity index is 0.000000810. The number of diazo groups is 1. The van der Waals surface area contributed by atoms with Crippen LogP contribution in [0, 0.1) is 5.39 Å². The van der Waals surface area contributed by atoms with Crippen molar-refractivity contribution in [2.75, 3.05) is 6.26 Å². The summed E-state index contributed by atoms with van der Waals surface area (Å²) in [4.78, 5) is 2.87. The lowest BCUT2D eigenvalue weighted by molar-refractivity contribution is -0.00000212. The van der Waals surface area contributed by atoms with Gasteiger partial charge in [0.25, 0.3) is 0 Å². The zero-order valence-electron chi connectivity index (χ0n) is 4.98. The zero-order chi connectivity index (χ0) is 6.69.